The van der Waals surface area contributed by atoms with E-state index in [0.29, 0.717) is 6.92 Å². The molecule has 2 aliphatic heterocycles. The summed E-state index contributed by atoms with van der Waals surface area (Å²) in [5.41, 5.74) is 4.61. The van der Waals surface area contributed by atoms with E-state index in [1.807, 2.05) is 0 Å². The van der Waals surface area contributed by atoms with Gasteiger partial charge in [0.2, 0.25) is 0 Å². The molecule has 1 saturated heterocycles. The zero-order valence-electron chi connectivity index (χ0n) is 36.8. The molecule has 168 valence electrons. The normalized spacial score (nSPS) is 43.1. The van der Waals surface area contributed by atoms with Gasteiger partial charge >= 0.3 is 5.97 Å². The van der Waals surface area contributed by atoms with E-state index in [0.717, 1.165) is 19.1 Å². The van der Waals surface area contributed by atoms with Crippen molar-refractivity contribution in [1.82, 2.24) is 4.90 Å². The highest BCUT2D eigenvalue weighted by atomic mass is 16.5. The summed E-state index contributed by atoms with van der Waals surface area (Å²) >= 11 is 0. The summed E-state index contributed by atoms with van der Waals surface area (Å²) in [5, 5.41) is 0. The van der Waals surface area contributed by atoms with Crippen LogP contribution in [0.4, 0.5) is 0 Å². The molecule has 0 saturated carbocycles. The van der Waals surface area contributed by atoms with Crippen LogP contribution < -0.4 is 15.2 Å². The van der Waals surface area contributed by atoms with Gasteiger partial charge in [-0.3, -0.25) is 9.69 Å². The maximum Gasteiger partial charge on any atom is 0.323 e. The molecule has 2 N–H and O–H groups in total. The van der Waals surface area contributed by atoms with Gasteiger partial charge in [0.15, 0.2) is 11.5 Å². The number of esters is 1. The number of hydrogen-bond acceptors (Lipinski definition) is 6. The monoisotopic (exact) mass is 438 g/mol. The van der Waals surface area contributed by atoms with Gasteiger partial charge in [-0.25, -0.2) is 0 Å². The minimum atomic E-state index is -4.05. The van der Waals surface area contributed by atoms with Crippen molar-refractivity contribution in [1.29, 1.82) is 0 Å². The fraction of sp³-hybridized carbons (Fsp3) is 0.708. The maximum absolute atomic E-state index is 13.6. The van der Waals surface area contributed by atoms with Crippen LogP contribution in [0.1, 0.15) is 84.9 Å². The Balaban J connectivity index is 2.39. The standard InChI is InChI=1S/C24H38N2O4/c1-14(2)9-17-13-26-8-7-16-10-21(28-5)22(29-6)11-18(16)19(26)12-20(17)30-24(27)23(25)15(3)4/h10-11,14-15,17,19-20,23H,7-9,12-13,25H2,1-6H3/t17?,19?,20?,23-/m0/s1/i1D3,3D3,4D3,7D2,8D2,9D2,10D,11D,14D,15D,23D/t14?,17?,19?,20?,23-. The lowest BCUT2D eigenvalue weighted by atomic mass is 9.79. The van der Waals surface area contributed by atoms with Crippen LogP contribution in [0.5, 0.6) is 11.5 Å². The Morgan fingerprint density at radius 3 is 2.80 bits per heavy atom. The summed E-state index contributed by atoms with van der Waals surface area (Å²) < 4.78 is 182. The van der Waals surface area contributed by atoms with E-state index in [-0.39, 0.29) is 5.75 Å². The summed E-state index contributed by atoms with van der Waals surface area (Å²) in [6.45, 7) is -14.8. The molecule has 6 nitrogen and oxygen atoms in total. The van der Waals surface area contributed by atoms with Crippen molar-refractivity contribution < 1.29 is 46.4 Å². The largest absolute Gasteiger partial charge is 0.493 e. The molecule has 2 heterocycles. The molecule has 0 amide bonds. The van der Waals surface area contributed by atoms with Crippen molar-refractivity contribution in [3.63, 3.8) is 0 Å². The Morgan fingerprint density at radius 2 is 2.13 bits per heavy atom. The topological polar surface area (TPSA) is 74.0 Å². The lowest BCUT2D eigenvalue weighted by Gasteiger charge is -2.47. The van der Waals surface area contributed by atoms with E-state index in [4.69, 9.17) is 47.4 Å². The summed E-state index contributed by atoms with van der Waals surface area (Å²) in [6.07, 6.45) is -9.45. The molecule has 3 rings (SSSR count). The maximum atomic E-state index is 13.6. The van der Waals surface area contributed by atoms with Crippen LogP contribution in [-0.4, -0.2) is 50.3 Å². The molecular formula is C24H38N2O4. The number of hydrogen-bond donors (Lipinski definition) is 1. The summed E-state index contributed by atoms with van der Waals surface area (Å²) in [7, 11) is 2.20. The van der Waals surface area contributed by atoms with Crippen molar-refractivity contribution in [3.05, 3.63) is 23.2 Å². The number of nitrogens with zero attached hydrogens (tertiary/aromatic N) is 1. The Hall–Kier alpha value is -1.79. The van der Waals surface area contributed by atoms with Crippen LogP contribution in [0.2, 0.25) is 0 Å². The highest BCUT2D eigenvalue weighted by molar-refractivity contribution is 5.76. The third kappa shape index (κ3) is 4.75. The predicted molar refractivity (Wildman–Crippen MR) is 118 cm³/mol. The molecule has 1 aromatic carbocycles. The van der Waals surface area contributed by atoms with Crippen LogP contribution in [0.15, 0.2) is 12.1 Å². The van der Waals surface area contributed by atoms with Crippen LogP contribution in [0.25, 0.3) is 0 Å². The van der Waals surface area contributed by atoms with Crippen molar-refractivity contribution in [2.45, 2.75) is 64.8 Å². The number of piperidine rings is 1. The number of ether oxygens (including phenoxy) is 3. The van der Waals surface area contributed by atoms with Crippen LogP contribution in [0, 0.1) is 17.7 Å². The van der Waals surface area contributed by atoms with Gasteiger partial charge in [-0.05, 0) is 47.7 Å². The molecule has 5 atom stereocenters. The average molecular weight is 439 g/mol. The molecule has 2 aliphatic rings. The van der Waals surface area contributed by atoms with Crippen molar-refractivity contribution in [3.8, 4) is 11.5 Å². The highest BCUT2D eigenvalue weighted by Gasteiger charge is 2.41. The van der Waals surface area contributed by atoms with E-state index >= 15 is 0 Å². The van der Waals surface area contributed by atoms with Gasteiger partial charge in [-0.15, -0.1) is 0 Å². The lowest BCUT2D eigenvalue weighted by Crippen LogP contribution is -2.51. The first-order chi connectivity index (χ1) is 22.1. The van der Waals surface area contributed by atoms with Crippen LogP contribution in [-0.2, 0) is 15.9 Å². The molecule has 1 fully saturated rings. The van der Waals surface area contributed by atoms with Gasteiger partial charge in [0.05, 0.1) is 18.3 Å². The first-order valence-corrected chi connectivity index (χ1v) is 9.09. The minimum absolute atomic E-state index is 0.386. The molecule has 6 heteroatoms. The van der Waals surface area contributed by atoms with Crippen LogP contribution >= 0.6 is 0 Å². The molecule has 1 aromatic rings. The number of carbonyl (C=O) groups excluding carboxylic acids is 1. The van der Waals surface area contributed by atoms with E-state index in [9.17, 15) is 4.79 Å². The minimum Gasteiger partial charge on any atom is -0.493 e. The van der Waals surface area contributed by atoms with Crippen molar-refractivity contribution in [2.75, 3.05) is 27.3 Å². The van der Waals surface area contributed by atoms with Gasteiger partial charge in [0.1, 0.15) is 12.1 Å². The Bertz CT molecular complexity index is 1490. The summed E-state index contributed by atoms with van der Waals surface area (Å²) in [6, 6.07) is -6.89. The second-order valence-electron chi connectivity index (χ2n) is 6.85. The van der Waals surface area contributed by atoms with E-state index in [1.165, 1.54) is 0 Å². The third-order valence-electron chi connectivity index (χ3n) is 4.85. The summed E-state index contributed by atoms with van der Waals surface area (Å²) in [5.74, 6) is -12.2. The second-order valence-corrected chi connectivity index (χ2v) is 6.85. The highest BCUT2D eigenvalue weighted by Crippen LogP contribution is 2.44. The van der Waals surface area contributed by atoms with Gasteiger partial charge in [0.25, 0.3) is 0 Å². The van der Waals surface area contributed by atoms with Gasteiger partial charge in [0, 0.05) is 54.7 Å². The van der Waals surface area contributed by atoms with Crippen molar-refractivity contribution in [2.24, 2.45) is 23.4 Å². The van der Waals surface area contributed by atoms with Crippen LogP contribution in [0.3, 0.4) is 0 Å². The molecule has 0 aromatic heterocycles. The molecule has 0 aliphatic carbocycles. The third-order valence-corrected chi connectivity index (χ3v) is 4.85. The predicted octanol–water partition coefficient (Wildman–Crippen LogP) is 3.56. The summed E-state index contributed by atoms with van der Waals surface area (Å²) in [4.78, 5) is 14.4. The Labute approximate surface area is 209 Å². The number of carbonyl (C=O) groups is 1. The average Bonchev–Trinajstić information content (AvgIpc) is 2.93. The van der Waals surface area contributed by atoms with E-state index in [2.05, 4.69) is 0 Å². The Morgan fingerprint density at radius 1 is 1.40 bits per heavy atom. The molecular weight excluding hydrogens is 380 g/mol. The number of methoxy groups -OCH3 is 2. The second kappa shape index (κ2) is 9.56. The first kappa shape index (κ1) is 8.28. The molecule has 0 bridgehead atoms. The fourth-order valence-corrected chi connectivity index (χ4v) is 3.46. The number of benzene rings is 1. The zero-order valence-corrected chi connectivity index (χ0v) is 16.8. The lowest BCUT2D eigenvalue weighted by molar-refractivity contribution is -0.160. The zero-order chi connectivity index (χ0) is 39.4. The van der Waals surface area contributed by atoms with Gasteiger partial charge in [-0.2, -0.15) is 0 Å². The number of fused-ring (bicyclic) bond motifs is 3. The van der Waals surface area contributed by atoms with Crippen molar-refractivity contribution >= 4 is 5.97 Å². The Kier molecular flexibility index (Phi) is 2.64. The molecule has 4 unspecified atom stereocenters. The molecule has 0 spiro atoms. The van der Waals surface area contributed by atoms with E-state index in [1.54, 1.807) is 0 Å². The SMILES string of the molecule is [2H]c1c(OC)c(OC)c([2H])c2c1C1CC(OC(=O)[C@@]([2H])(N)C([2H])(C([2H])([2H])[2H])C([2H])([2H])[2H])C(C([2H])([2H])C([2H])(C)C([2H])([2H])[2H])CN1C([2H])([2H])C2([2H])[2H]. The molecule has 0 radical (unpaired) electrons. The first-order valence-electron chi connectivity index (χ1n) is 19.1. The fourth-order valence-electron chi connectivity index (χ4n) is 3.46. The quantitative estimate of drug-likeness (QED) is 0.656. The number of nitrogens with two attached hydrogens (primary N) is 1. The van der Waals surface area contributed by atoms with Gasteiger partial charge < -0.3 is 19.9 Å². The molecule has 30 heavy (non-hydrogen) atoms. The van der Waals surface area contributed by atoms with Gasteiger partial charge in [-0.1, -0.05) is 27.5 Å². The smallest absolute Gasteiger partial charge is 0.323 e. The van der Waals surface area contributed by atoms with E-state index < -0.39 is 124 Å². The number of rotatable bonds is 7.